The second-order valence-corrected chi connectivity index (χ2v) is 21.4. The van der Waals surface area contributed by atoms with Gasteiger partial charge in [0, 0.05) is 39.1 Å². The van der Waals surface area contributed by atoms with Crippen LogP contribution in [0.1, 0.15) is 74.9 Å². The molecule has 1 atom stereocenters. The number of fused-ring (bicyclic) bond motifs is 16. The van der Waals surface area contributed by atoms with Crippen molar-refractivity contribution in [2.45, 2.75) is 57.8 Å². The Labute approximate surface area is 415 Å². The lowest BCUT2D eigenvalue weighted by atomic mass is 9.70. The number of benzene rings is 10. The Morgan fingerprint density at radius 3 is 1.49 bits per heavy atom. The summed E-state index contributed by atoms with van der Waals surface area (Å²) in [6, 6.07) is 75.6. The maximum Gasteiger partial charge on any atom is 0.145 e. The summed E-state index contributed by atoms with van der Waals surface area (Å²) in [6.45, 7) is 13.5. The van der Waals surface area contributed by atoms with Gasteiger partial charge in [-0.15, -0.1) is 0 Å². The summed E-state index contributed by atoms with van der Waals surface area (Å²) < 4.78 is 23.9. The molecular formula is C67H53FN2O. The first-order chi connectivity index (χ1) is 34.4. The van der Waals surface area contributed by atoms with E-state index in [1.807, 2.05) is 6.07 Å². The van der Waals surface area contributed by atoms with Crippen LogP contribution >= 0.6 is 0 Å². The fraction of sp³-hybridized carbons (Fsp3) is 0.134. The molecule has 11 aromatic rings. The van der Waals surface area contributed by atoms with Gasteiger partial charge in [-0.25, -0.2) is 4.39 Å². The Balaban J connectivity index is 1.21. The minimum absolute atomic E-state index is 0.0140. The number of furan rings is 1. The maximum absolute atomic E-state index is 16.5. The number of hydrogen-bond donors (Lipinski definition) is 0. The molecule has 2 aliphatic rings. The lowest BCUT2D eigenvalue weighted by molar-refractivity contribution is 0.590. The van der Waals surface area contributed by atoms with Crippen molar-refractivity contribution in [2.24, 2.45) is 0 Å². The lowest BCUT2D eigenvalue weighted by Crippen LogP contribution is -2.27. The highest BCUT2D eigenvalue weighted by Gasteiger charge is 2.54. The van der Waals surface area contributed by atoms with Crippen LogP contribution in [0.4, 0.5) is 38.5 Å². The number of anilines is 6. The van der Waals surface area contributed by atoms with Gasteiger partial charge in [0.15, 0.2) is 0 Å². The predicted octanol–water partition coefficient (Wildman–Crippen LogP) is 18.8. The van der Waals surface area contributed by atoms with E-state index in [0.29, 0.717) is 0 Å². The highest BCUT2D eigenvalue weighted by molar-refractivity contribution is 6.23. The molecule has 1 aromatic heterocycles. The second-order valence-electron chi connectivity index (χ2n) is 21.4. The van der Waals surface area contributed by atoms with Crippen LogP contribution in [0.15, 0.2) is 217 Å². The SMILES string of the molecule is CC(C)(C)c1ccc(N(c2ccccc2)c2cc3c(c4ccccc24)-c2c(cc(N(c4ccccc4)c4ccc(C(C)(C)C)cc4)c4c2oc2ccccc24)C32c3ccccc3-c3ccc(F)cc32)cc1. The van der Waals surface area contributed by atoms with Crippen molar-refractivity contribution in [3.63, 3.8) is 0 Å². The monoisotopic (exact) mass is 920 g/mol. The van der Waals surface area contributed by atoms with Crippen LogP contribution in [-0.4, -0.2) is 0 Å². The summed E-state index contributed by atoms with van der Waals surface area (Å²) in [5, 5.41) is 4.25. The third-order valence-corrected chi connectivity index (χ3v) is 15.2. The van der Waals surface area contributed by atoms with Crippen molar-refractivity contribution in [3.8, 4) is 22.3 Å². The number of hydrogen-bond acceptors (Lipinski definition) is 3. The highest BCUT2D eigenvalue weighted by atomic mass is 19.1. The molecule has 0 bridgehead atoms. The molecule has 0 fully saturated rings. The minimum atomic E-state index is -0.962. The molecule has 0 saturated carbocycles. The molecule has 0 aliphatic heterocycles. The molecule has 0 saturated heterocycles. The zero-order valence-corrected chi connectivity index (χ0v) is 40.9. The van der Waals surface area contributed by atoms with Gasteiger partial charge in [0.2, 0.25) is 0 Å². The van der Waals surface area contributed by atoms with Gasteiger partial charge >= 0.3 is 0 Å². The first-order valence-corrected chi connectivity index (χ1v) is 24.8. The second kappa shape index (κ2) is 15.7. The Morgan fingerprint density at radius 1 is 0.394 bits per heavy atom. The molecule has 1 spiro atoms. The zero-order chi connectivity index (χ0) is 48.4. The van der Waals surface area contributed by atoms with Gasteiger partial charge in [-0.1, -0.05) is 175 Å². The van der Waals surface area contributed by atoms with E-state index in [2.05, 4.69) is 245 Å². The van der Waals surface area contributed by atoms with E-state index < -0.39 is 5.41 Å². The van der Waals surface area contributed by atoms with Crippen molar-refractivity contribution >= 4 is 66.8 Å². The first-order valence-electron chi connectivity index (χ1n) is 24.8. The van der Waals surface area contributed by atoms with Crippen LogP contribution in [0.3, 0.4) is 0 Å². The predicted molar refractivity (Wildman–Crippen MR) is 294 cm³/mol. The van der Waals surface area contributed by atoms with Gasteiger partial charge < -0.3 is 14.2 Å². The molecule has 71 heavy (non-hydrogen) atoms. The Bertz CT molecular complexity index is 3900. The van der Waals surface area contributed by atoms with Crippen molar-refractivity contribution in [1.29, 1.82) is 0 Å². The average Bonchev–Trinajstić information content (AvgIpc) is 4.01. The van der Waals surface area contributed by atoms with Gasteiger partial charge in [0.1, 0.15) is 17.0 Å². The van der Waals surface area contributed by atoms with Gasteiger partial charge in [-0.3, -0.25) is 0 Å². The molecule has 0 N–H and O–H groups in total. The molecule has 1 unspecified atom stereocenters. The Hall–Kier alpha value is -8.21. The van der Waals surface area contributed by atoms with Crippen LogP contribution in [0, 0.1) is 5.82 Å². The molecule has 10 aromatic carbocycles. The van der Waals surface area contributed by atoms with Crippen LogP contribution in [0.5, 0.6) is 0 Å². The van der Waals surface area contributed by atoms with E-state index in [1.165, 1.54) is 11.1 Å². The highest BCUT2D eigenvalue weighted by Crippen LogP contribution is 2.67. The Kier molecular flexibility index (Phi) is 9.45. The van der Waals surface area contributed by atoms with E-state index in [0.717, 1.165) is 111 Å². The fourth-order valence-corrected chi connectivity index (χ4v) is 11.9. The topological polar surface area (TPSA) is 19.6 Å². The normalized spacial score (nSPS) is 14.7. The van der Waals surface area contributed by atoms with E-state index in [9.17, 15) is 0 Å². The molecule has 3 nitrogen and oxygen atoms in total. The van der Waals surface area contributed by atoms with Gasteiger partial charge in [-0.2, -0.15) is 0 Å². The zero-order valence-electron chi connectivity index (χ0n) is 40.9. The molecule has 344 valence electrons. The molecule has 0 amide bonds. The maximum atomic E-state index is 16.5. The van der Waals surface area contributed by atoms with Crippen LogP contribution < -0.4 is 9.80 Å². The van der Waals surface area contributed by atoms with Crippen molar-refractivity contribution in [2.75, 3.05) is 9.80 Å². The minimum Gasteiger partial charge on any atom is -0.455 e. The third-order valence-electron chi connectivity index (χ3n) is 15.2. The van der Waals surface area contributed by atoms with E-state index in [-0.39, 0.29) is 16.6 Å². The summed E-state index contributed by atoms with van der Waals surface area (Å²) in [5.41, 5.74) is 17.7. The Morgan fingerprint density at radius 2 is 0.873 bits per heavy atom. The molecule has 1 heterocycles. The summed E-state index contributed by atoms with van der Waals surface area (Å²) in [4.78, 5) is 4.79. The standard InChI is InChI=1S/C67H53FN2O/c1-65(2,3)42-29-34-47(35-30-42)69(45-19-9-7-10-20-45)58-40-56-61(52-25-14-13-24-51(52)58)63-57(67(56)54-27-17-15-23-49(54)50-38-33-44(68)39-55(50)67)41-59(62-53-26-16-18-28-60(53)71-64(62)63)70(46-21-11-8-12-22-46)48-36-31-43(32-37-48)66(4,5)6/h7-41H,1-6H3. The van der Waals surface area contributed by atoms with Crippen molar-refractivity contribution in [1.82, 2.24) is 0 Å². The third kappa shape index (κ3) is 6.40. The van der Waals surface area contributed by atoms with Crippen LogP contribution in [-0.2, 0) is 16.2 Å². The number of para-hydroxylation sites is 3. The number of nitrogens with zero attached hydrogens (tertiary/aromatic N) is 2. The van der Waals surface area contributed by atoms with Gasteiger partial charge in [-0.05, 0) is 145 Å². The molecule has 13 rings (SSSR count). The fourth-order valence-electron chi connectivity index (χ4n) is 11.9. The lowest BCUT2D eigenvalue weighted by Gasteiger charge is -2.34. The summed E-state index contributed by atoms with van der Waals surface area (Å²) in [5.74, 6) is -0.272. The van der Waals surface area contributed by atoms with Gasteiger partial charge in [0.25, 0.3) is 0 Å². The quantitative estimate of drug-likeness (QED) is 0.166. The molecule has 2 aliphatic carbocycles. The van der Waals surface area contributed by atoms with E-state index >= 15 is 4.39 Å². The number of halogens is 1. The van der Waals surface area contributed by atoms with Gasteiger partial charge in [0.05, 0.1) is 22.2 Å². The smallest absolute Gasteiger partial charge is 0.145 e. The van der Waals surface area contributed by atoms with Crippen molar-refractivity contribution < 1.29 is 8.81 Å². The summed E-state index contributed by atoms with van der Waals surface area (Å²) in [6.07, 6.45) is 0. The summed E-state index contributed by atoms with van der Waals surface area (Å²) in [7, 11) is 0. The average molecular weight is 921 g/mol. The molecule has 0 radical (unpaired) electrons. The van der Waals surface area contributed by atoms with Crippen molar-refractivity contribution in [3.05, 3.63) is 252 Å². The summed E-state index contributed by atoms with van der Waals surface area (Å²) >= 11 is 0. The van der Waals surface area contributed by atoms with Crippen LogP contribution in [0.2, 0.25) is 0 Å². The van der Waals surface area contributed by atoms with E-state index in [4.69, 9.17) is 4.42 Å². The largest absolute Gasteiger partial charge is 0.455 e. The molecule has 4 heteroatoms. The number of rotatable bonds is 6. The van der Waals surface area contributed by atoms with Crippen LogP contribution in [0.25, 0.3) is 55.0 Å². The first kappa shape index (κ1) is 42.9. The molecular weight excluding hydrogens is 868 g/mol. The van der Waals surface area contributed by atoms with E-state index in [1.54, 1.807) is 12.1 Å².